The molecule has 1 heterocycles. The van der Waals surface area contributed by atoms with Gasteiger partial charge in [0.1, 0.15) is 0 Å². The Balaban J connectivity index is 2.23. The van der Waals surface area contributed by atoms with Gasteiger partial charge < -0.3 is 9.84 Å². The van der Waals surface area contributed by atoms with Gasteiger partial charge in [0.2, 0.25) is 0 Å². The monoisotopic (exact) mass is 128 g/mol. The summed E-state index contributed by atoms with van der Waals surface area (Å²) in [5.41, 5.74) is -0.444. The largest absolute Gasteiger partial charge is 0.465 e. The maximum atomic E-state index is 10.8. The molecule has 1 saturated heterocycles. The van der Waals surface area contributed by atoms with Crippen molar-refractivity contribution in [3.05, 3.63) is 0 Å². The molecule has 1 aliphatic heterocycles. The van der Waals surface area contributed by atoms with Gasteiger partial charge in [-0.3, -0.25) is 4.79 Å². The van der Waals surface area contributed by atoms with E-state index in [4.69, 9.17) is 9.84 Å². The minimum absolute atomic E-state index is 0.0312. The van der Waals surface area contributed by atoms with Crippen LogP contribution in [0.25, 0.3) is 0 Å². The van der Waals surface area contributed by atoms with Crippen LogP contribution in [0.5, 0.6) is 0 Å². The molecule has 50 valence electrons. The van der Waals surface area contributed by atoms with Crippen LogP contribution in [0.4, 0.5) is 0 Å². The number of cyclic esters (lactones) is 1. The highest BCUT2D eigenvalue weighted by Gasteiger charge is 2.65. The summed E-state index contributed by atoms with van der Waals surface area (Å²) in [5.74, 6) is 0.130. The third-order valence-corrected chi connectivity index (χ3v) is 2.34. The van der Waals surface area contributed by atoms with Crippen LogP contribution in [0.15, 0.2) is 0 Å². The Bertz CT molecular complexity index is 162. The van der Waals surface area contributed by atoms with Crippen LogP contribution in [0.2, 0.25) is 0 Å². The van der Waals surface area contributed by atoms with Crippen molar-refractivity contribution in [2.75, 3.05) is 13.2 Å². The van der Waals surface area contributed by atoms with Gasteiger partial charge in [-0.25, -0.2) is 0 Å². The predicted molar refractivity (Wildman–Crippen MR) is 28.6 cm³/mol. The van der Waals surface area contributed by atoms with Gasteiger partial charge in [0.05, 0.1) is 18.6 Å². The lowest BCUT2D eigenvalue weighted by atomic mass is 10.1. The van der Waals surface area contributed by atoms with Gasteiger partial charge in [-0.05, 0) is 6.42 Å². The highest BCUT2D eigenvalue weighted by atomic mass is 16.5. The zero-order chi connectivity index (χ0) is 6.48. The van der Waals surface area contributed by atoms with Crippen LogP contribution in [-0.4, -0.2) is 24.3 Å². The Morgan fingerprint density at radius 2 is 2.67 bits per heavy atom. The number of carbonyl (C=O) groups excluding carboxylic acids is 1. The molecule has 0 aromatic rings. The number of ether oxygens (including phenoxy) is 1. The molecule has 1 saturated carbocycles. The molecule has 3 heteroatoms. The molecule has 2 rings (SSSR count). The van der Waals surface area contributed by atoms with E-state index in [0.29, 0.717) is 12.5 Å². The van der Waals surface area contributed by atoms with Gasteiger partial charge >= 0.3 is 5.97 Å². The Kier molecular flexibility index (Phi) is 0.750. The molecule has 2 fully saturated rings. The van der Waals surface area contributed by atoms with Gasteiger partial charge in [-0.15, -0.1) is 0 Å². The van der Waals surface area contributed by atoms with Crippen molar-refractivity contribution in [1.29, 1.82) is 0 Å². The molecule has 2 atom stereocenters. The highest BCUT2D eigenvalue weighted by Crippen LogP contribution is 2.57. The van der Waals surface area contributed by atoms with Crippen LogP contribution >= 0.6 is 0 Å². The Morgan fingerprint density at radius 1 is 1.89 bits per heavy atom. The zero-order valence-corrected chi connectivity index (χ0v) is 4.96. The second-order valence-electron chi connectivity index (χ2n) is 2.81. The standard InChI is InChI=1S/C6H8O3/c7-3-6-1-4(6)2-9-5(6)8/h4,7H,1-3H2/t4?,6-/m0/s1. The molecule has 1 unspecified atom stereocenters. The van der Waals surface area contributed by atoms with Crippen molar-refractivity contribution in [3.63, 3.8) is 0 Å². The summed E-state index contributed by atoms with van der Waals surface area (Å²) in [6, 6.07) is 0. The number of carbonyl (C=O) groups is 1. The maximum absolute atomic E-state index is 10.8. The molecule has 9 heavy (non-hydrogen) atoms. The lowest BCUT2D eigenvalue weighted by molar-refractivity contribution is -0.146. The van der Waals surface area contributed by atoms with Gasteiger partial charge in [-0.1, -0.05) is 0 Å². The molecule has 1 N–H and O–H groups in total. The minimum Gasteiger partial charge on any atom is -0.465 e. The highest BCUT2D eigenvalue weighted by molar-refractivity contribution is 5.83. The number of rotatable bonds is 1. The average Bonchev–Trinajstić information content (AvgIpc) is 2.52. The minimum atomic E-state index is -0.444. The van der Waals surface area contributed by atoms with Crippen LogP contribution in [0, 0.1) is 11.3 Å². The molecule has 0 bridgehead atoms. The molecular formula is C6H8O3. The fraction of sp³-hybridized carbons (Fsp3) is 0.833. The second kappa shape index (κ2) is 1.29. The fourth-order valence-corrected chi connectivity index (χ4v) is 1.43. The van der Waals surface area contributed by atoms with Gasteiger partial charge in [0, 0.05) is 5.92 Å². The van der Waals surface area contributed by atoms with Crippen LogP contribution in [0.3, 0.4) is 0 Å². The van der Waals surface area contributed by atoms with E-state index < -0.39 is 5.41 Å². The smallest absolute Gasteiger partial charge is 0.314 e. The van der Waals surface area contributed by atoms with Crippen molar-refractivity contribution in [1.82, 2.24) is 0 Å². The van der Waals surface area contributed by atoms with E-state index in [9.17, 15) is 4.79 Å². The number of aliphatic hydroxyl groups is 1. The first kappa shape index (κ1) is 5.23. The third-order valence-electron chi connectivity index (χ3n) is 2.34. The number of hydrogen-bond acceptors (Lipinski definition) is 3. The summed E-state index contributed by atoms with van der Waals surface area (Å²) in [7, 11) is 0. The van der Waals surface area contributed by atoms with Crippen molar-refractivity contribution < 1.29 is 14.6 Å². The van der Waals surface area contributed by atoms with E-state index in [1.165, 1.54) is 0 Å². The van der Waals surface area contributed by atoms with E-state index in [2.05, 4.69) is 0 Å². The summed E-state index contributed by atoms with van der Waals surface area (Å²) in [6.07, 6.45) is 0.836. The van der Waals surface area contributed by atoms with E-state index in [-0.39, 0.29) is 12.6 Å². The van der Waals surface area contributed by atoms with Crippen molar-refractivity contribution >= 4 is 5.97 Å². The quantitative estimate of drug-likeness (QED) is 0.486. The zero-order valence-electron chi connectivity index (χ0n) is 4.96. The molecule has 1 aliphatic carbocycles. The normalized spacial score (nSPS) is 46.3. The number of fused-ring (bicyclic) bond motifs is 1. The average molecular weight is 128 g/mol. The summed E-state index contributed by atoms with van der Waals surface area (Å²) >= 11 is 0. The van der Waals surface area contributed by atoms with E-state index in [1.54, 1.807) is 0 Å². The third kappa shape index (κ3) is 0.435. The van der Waals surface area contributed by atoms with E-state index in [1.807, 2.05) is 0 Å². The number of esters is 1. The Labute approximate surface area is 52.6 Å². The molecule has 0 aromatic heterocycles. The molecule has 0 aromatic carbocycles. The fourth-order valence-electron chi connectivity index (χ4n) is 1.43. The molecule has 2 aliphatic rings. The summed E-state index contributed by atoms with van der Waals surface area (Å²) in [6.45, 7) is 0.496. The molecule has 0 radical (unpaired) electrons. The van der Waals surface area contributed by atoms with Gasteiger partial charge in [0.25, 0.3) is 0 Å². The maximum Gasteiger partial charge on any atom is 0.314 e. The molecule has 3 nitrogen and oxygen atoms in total. The summed E-state index contributed by atoms with van der Waals surface area (Å²) < 4.78 is 4.71. The van der Waals surface area contributed by atoms with Crippen LogP contribution < -0.4 is 0 Å². The van der Waals surface area contributed by atoms with E-state index >= 15 is 0 Å². The van der Waals surface area contributed by atoms with Crippen molar-refractivity contribution in [3.8, 4) is 0 Å². The first-order valence-electron chi connectivity index (χ1n) is 3.08. The molecule has 0 spiro atoms. The van der Waals surface area contributed by atoms with Crippen LogP contribution in [0.1, 0.15) is 6.42 Å². The van der Waals surface area contributed by atoms with Crippen molar-refractivity contribution in [2.24, 2.45) is 11.3 Å². The number of aliphatic hydroxyl groups excluding tert-OH is 1. The summed E-state index contributed by atoms with van der Waals surface area (Å²) in [5, 5.41) is 8.74. The summed E-state index contributed by atoms with van der Waals surface area (Å²) in [4.78, 5) is 10.8. The topological polar surface area (TPSA) is 46.5 Å². The van der Waals surface area contributed by atoms with Crippen LogP contribution in [-0.2, 0) is 9.53 Å². The predicted octanol–water partition coefficient (Wildman–Crippen LogP) is -0.458. The van der Waals surface area contributed by atoms with Gasteiger partial charge in [0.15, 0.2) is 0 Å². The molecule has 0 amide bonds. The molecular weight excluding hydrogens is 120 g/mol. The second-order valence-corrected chi connectivity index (χ2v) is 2.81. The Hall–Kier alpha value is -0.570. The van der Waals surface area contributed by atoms with E-state index in [0.717, 1.165) is 6.42 Å². The number of hydrogen-bond donors (Lipinski definition) is 1. The first-order valence-corrected chi connectivity index (χ1v) is 3.08. The van der Waals surface area contributed by atoms with Crippen molar-refractivity contribution in [2.45, 2.75) is 6.42 Å². The van der Waals surface area contributed by atoms with Gasteiger partial charge in [-0.2, -0.15) is 0 Å². The lowest BCUT2D eigenvalue weighted by Gasteiger charge is -2.01. The SMILES string of the molecule is O=C1OCC2C[C@@]12CO. The first-order chi connectivity index (χ1) is 4.29. The lowest BCUT2D eigenvalue weighted by Crippen LogP contribution is -2.17. The Morgan fingerprint density at radius 3 is 2.89 bits per heavy atom.